The molecule has 0 amide bonds. The van der Waals surface area contributed by atoms with E-state index in [0.29, 0.717) is 23.8 Å². The first-order chi connectivity index (χ1) is 18.8. The quantitative estimate of drug-likeness (QED) is 0.202. The lowest BCUT2D eigenvalue weighted by Gasteiger charge is -2.23. The molecular weight excluding hydrogens is 492 g/mol. The number of hydrogen-bond acceptors (Lipinski definition) is 6. The van der Waals surface area contributed by atoms with E-state index in [0.717, 1.165) is 22.4 Å². The maximum absolute atomic E-state index is 11.1. The Morgan fingerprint density at radius 1 is 0.795 bits per heavy atom. The highest BCUT2D eigenvalue weighted by Gasteiger charge is 2.17. The first kappa shape index (κ1) is 28.9. The third-order valence-corrected chi connectivity index (χ3v) is 5.85. The third kappa shape index (κ3) is 9.98. The molecule has 39 heavy (non-hydrogen) atoms. The summed E-state index contributed by atoms with van der Waals surface area (Å²) >= 11 is 0. The van der Waals surface area contributed by atoms with Crippen LogP contribution in [0.15, 0.2) is 109 Å². The van der Waals surface area contributed by atoms with Gasteiger partial charge in [-0.1, -0.05) is 72.8 Å². The van der Waals surface area contributed by atoms with Gasteiger partial charge in [-0.05, 0) is 67.2 Å². The molecule has 0 aliphatic rings. The SMILES string of the molecule is CN(C)C(CC(=O)O)c1ccc(OCc2ccc(OCC(=N)c3ccccc3)cc2)cc1.Oc1ccccc1. The number of phenols is 1. The molecule has 0 spiro atoms. The number of para-hydroxylation sites is 1. The second-order valence-electron chi connectivity index (χ2n) is 9.05. The molecule has 0 bridgehead atoms. The summed E-state index contributed by atoms with van der Waals surface area (Å²) in [5.41, 5.74) is 3.22. The van der Waals surface area contributed by atoms with E-state index in [-0.39, 0.29) is 19.1 Å². The lowest BCUT2D eigenvalue weighted by molar-refractivity contribution is -0.138. The van der Waals surface area contributed by atoms with E-state index in [1.54, 1.807) is 24.3 Å². The van der Waals surface area contributed by atoms with Crippen LogP contribution in [0.5, 0.6) is 17.2 Å². The van der Waals surface area contributed by atoms with Crippen LogP contribution in [0.1, 0.15) is 29.2 Å². The van der Waals surface area contributed by atoms with Gasteiger partial charge in [0.2, 0.25) is 0 Å². The van der Waals surface area contributed by atoms with Crippen molar-refractivity contribution >= 4 is 11.7 Å². The predicted molar refractivity (Wildman–Crippen MR) is 153 cm³/mol. The third-order valence-electron chi connectivity index (χ3n) is 5.85. The van der Waals surface area contributed by atoms with E-state index in [1.807, 2.05) is 104 Å². The zero-order valence-electron chi connectivity index (χ0n) is 22.2. The van der Waals surface area contributed by atoms with Crippen LogP contribution in [0, 0.1) is 5.41 Å². The molecule has 0 heterocycles. The zero-order valence-corrected chi connectivity index (χ0v) is 22.2. The first-order valence-corrected chi connectivity index (χ1v) is 12.5. The van der Waals surface area contributed by atoms with Crippen molar-refractivity contribution < 1.29 is 24.5 Å². The maximum atomic E-state index is 11.1. The standard InChI is InChI=1S/C26H28N2O4.C6H6O/c1-28(2)25(16-26(29)30)21-10-14-23(15-11-21)31-17-19-8-12-22(13-9-19)32-18-24(27)20-6-4-3-5-7-20;7-6-4-2-1-3-5-6/h3-15,25,27H,16-18H2,1-2H3,(H,29,30);1-5,7H. The highest BCUT2D eigenvalue weighted by atomic mass is 16.5. The fraction of sp³-hybridized carbons (Fsp3) is 0.188. The molecule has 3 N–H and O–H groups in total. The molecule has 0 saturated heterocycles. The van der Waals surface area contributed by atoms with Crippen LogP contribution in [-0.2, 0) is 11.4 Å². The molecule has 202 valence electrons. The number of carboxylic acids is 1. The van der Waals surface area contributed by atoms with Crippen LogP contribution in [0.25, 0.3) is 0 Å². The summed E-state index contributed by atoms with van der Waals surface area (Å²) in [6.07, 6.45) is 0.0481. The average molecular weight is 527 g/mol. The van der Waals surface area contributed by atoms with Crippen molar-refractivity contribution in [2.75, 3.05) is 20.7 Å². The summed E-state index contributed by atoms with van der Waals surface area (Å²) in [4.78, 5) is 13.0. The molecule has 0 aliphatic heterocycles. The number of phenolic OH excluding ortho intramolecular Hbond substituents is 1. The Hall–Kier alpha value is -4.62. The van der Waals surface area contributed by atoms with Crippen molar-refractivity contribution in [2.45, 2.75) is 19.1 Å². The van der Waals surface area contributed by atoms with E-state index in [9.17, 15) is 4.79 Å². The van der Waals surface area contributed by atoms with Gasteiger partial charge in [-0.15, -0.1) is 0 Å². The van der Waals surface area contributed by atoms with Gasteiger partial charge < -0.3 is 30.0 Å². The molecule has 0 fully saturated rings. The smallest absolute Gasteiger partial charge is 0.305 e. The number of aliphatic carboxylic acids is 1. The zero-order chi connectivity index (χ0) is 28.0. The van der Waals surface area contributed by atoms with Gasteiger partial charge in [0.15, 0.2) is 0 Å². The van der Waals surface area contributed by atoms with Gasteiger partial charge in [-0.2, -0.15) is 0 Å². The summed E-state index contributed by atoms with van der Waals surface area (Å²) in [6, 6.07) is 33.2. The van der Waals surface area contributed by atoms with Crippen molar-refractivity contribution in [3.8, 4) is 17.2 Å². The van der Waals surface area contributed by atoms with Crippen LogP contribution in [0.4, 0.5) is 0 Å². The van der Waals surface area contributed by atoms with Crippen LogP contribution in [0.3, 0.4) is 0 Å². The lowest BCUT2D eigenvalue weighted by Crippen LogP contribution is -2.22. The second kappa shape index (κ2) is 15.0. The molecule has 4 rings (SSSR count). The molecule has 0 saturated carbocycles. The van der Waals surface area contributed by atoms with Crippen molar-refractivity contribution in [1.82, 2.24) is 4.90 Å². The summed E-state index contributed by atoms with van der Waals surface area (Å²) in [6.45, 7) is 0.619. The molecule has 0 radical (unpaired) electrons. The van der Waals surface area contributed by atoms with Crippen molar-refractivity contribution in [3.63, 3.8) is 0 Å². The van der Waals surface area contributed by atoms with Gasteiger partial charge in [-0.25, -0.2) is 0 Å². The number of nitrogens with one attached hydrogen (secondary N) is 1. The predicted octanol–water partition coefficient (Wildman–Crippen LogP) is 6.18. The Morgan fingerprint density at radius 2 is 1.33 bits per heavy atom. The van der Waals surface area contributed by atoms with Crippen LogP contribution >= 0.6 is 0 Å². The maximum Gasteiger partial charge on any atom is 0.305 e. The van der Waals surface area contributed by atoms with Crippen LogP contribution in [0.2, 0.25) is 0 Å². The summed E-state index contributed by atoms with van der Waals surface area (Å²) in [5, 5.41) is 25.9. The number of hydrogen-bond donors (Lipinski definition) is 3. The monoisotopic (exact) mass is 526 g/mol. The van der Waals surface area contributed by atoms with Crippen LogP contribution in [-0.4, -0.2) is 47.5 Å². The van der Waals surface area contributed by atoms with E-state index in [4.69, 9.17) is 25.1 Å². The van der Waals surface area contributed by atoms with Crippen molar-refractivity contribution in [2.24, 2.45) is 0 Å². The Kier molecular flexibility index (Phi) is 11.1. The average Bonchev–Trinajstić information content (AvgIpc) is 2.95. The number of aromatic hydroxyl groups is 1. The largest absolute Gasteiger partial charge is 0.508 e. The van der Waals surface area contributed by atoms with Gasteiger partial charge >= 0.3 is 5.97 Å². The number of carbonyl (C=O) groups is 1. The van der Waals surface area contributed by atoms with Gasteiger partial charge in [-0.3, -0.25) is 4.79 Å². The molecule has 1 unspecified atom stereocenters. The highest BCUT2D eigenvalue weighted by molar-refractivity contribution is 5.99. The Balaban J connectivity index is 0.000000520. The number of nitrogens with zero attached hydrogens (tertiary/aromatic N) is 1. The normalized spacial score (nSPS) is 11.2. The fourth-order valence-electron chi connectivity index (χ4n) is 3.70. The molecule has 7 nitrogen and oxygen atoms in total. The minimum Gasteiger partial charge on any atom is -0.508 e. The topological polar surface area (TPSA) is 103 Å². The van der Waals surface area contributed by atoms with Crippen molar-refractivity contribution in [1.29, 1.82) is 5.41 Å². The fourth-order valence-corrected chi connectivity index (χ4v) is 3.70. The van der Waals surface area contributed by atoms with Crippen molar-refractivity contribution in [3.05, 3.63) is 126 Å². The molecule has 0 aromatic heterocycles. The molecule has 4 aromatic carbocycles. The number of benzene rings is 4. The van der Waals surface area contributed by atoms with E-state index >= 15 is 0 Å². The molecule has 0 aliphatic carbocycles. The summed E-state index contributed by atoms with van der Waals surface area (Å²) in [5.74, 6) is 0.918. The first-order valence-electron chi connectivity index (χ1n) is 12.5. The molecular formula is C32H34N2O5. The van der Waals surface area contributed by atoms with Gasteiger partial charge in [0.25, 0.3) is 0 Å². The van der Waals surface area contributed by atoms with E-state index in [2.05, 4.69) is 0 Å². The number of ether oxygens (including phenoxy) is 2. The van der Waals surface area contributed by atoms with Gasteiger partial charge in [0.05, 0.1) is 12.1 Å². The summed E-state index contributed by atoms with van der Waals surface area (Å²) in [7, 11) is 3.74. The highest BCUT2D eigenvalue weighted by Crippen LogP contribution is 2.25. The number of carboxylic acid groups (broad SMARTS) is 1. The molecule has 7 heteroatoms. The van der Waals surface area contributed by atoms with Gasteiger partial charge in [0, 0.05) is 6.04 Å². The Morgan fingerprint density at radius 3 is 1.85 bits per heavy atom. The number of rotatable bonds is 11. The van der Waals surface area contributed by atoms with E-state index < -0.39 is 5.97 Å². The summed E-state index contributed by atoms with van der Waals surface area (Å²) < 4.78 is 11.6. The molecule has 4 aromatic rings. The lowest BCUT2D eigenvalue weighted by atomic mass is 10.0. The molecule has 1 atom stereocenters. The second-order valence-corrected chi connectivity index (χ2v) is 9.05. The minimum absolute atomic E-state index is 0.0481. The Labute approximate surface area is 229 Å². The van der Waals surface area contributed by atoms with E-state index in [1.165, 1.54) is 0 Å². The van der Waals surface area contributed by atoms with Crippen LogP contribution < -0.4 is 9.47 Å². The van der Waals surface area contributed by atoms with Gasteiger partial charge in [0.1, 0.15) is 30.5 Å². The Bertz CT molecular complexity index is 1290. The minimum atomic E-state index is -0.826.